The summed E-state index contributed by atoms with van der Waals surface area (Å²) < 4.78 is 10.9. The highest BCUT2D eigenvalue weighted by Crippen LogP contribution is 2.47. The van der Waals surface area contributed by atoms with Gasteiger partial charge >= 0.3 is 5.97 Å². The number of rotatable bonds is 6. The van der Waals surface area contributed by atoms with Gasteiger partial charge in [0.1, 0.15) is 5.75 Å². The number of carbonyl (C=O) groups is 2. The molecule has 1 aliphatic heterocycles. The fraction of sp³-hybridized carbons (Fsp3) is 0.290. The predicted molar refractivity (Wildman–Crippen MR) is 141 cm³/mol. The van der Waals surface area contributed by atoms with Crippen molar-refractivity contribution in [3.8, 4) is 5.75 Å². The number of Topliss-reactive ketones (excluding diaryl/α,β-unsaturated/α-hetero) is 1. The minimum atomic E-state index is -0.471. The van der Waals surface area contributed by atoms with Gasteiger partial charge in [-0.2, -0.15) is 0 Å². The van der Waals surface area contributed by atoms with E-state index in [1.807, 2.05) is 62.4 Å². The molecule has 3 aromatic carbocycles. The highest BCUT2D eigenvalue weighted by atomic mass is 16.5. The van der Waals surface area contributed by atoms with Crippen LogP contribution in [0.4, 0.5) is 0 Å². The summed E-state index contributed by atoms with van der Waals surface area (Å²) in [6.07, 6.45) is 1.83. The predicted octanol–water partition coefficient (Wildman–Crippen LogP) is 6.16. The molecule has 5 rings (SSSR count). The van der Waals surface area contributed by atoms with Crippen LogP contribution in [0.1, 0.15) is 56.1 Å². The van der Waals surface area contributed by atoms with Gasteiger partial charge in [0.05, 0.1) is 19.3 Å². The summed E-state index contributed by atoms with van der Waals surface area (Å²) in [6, 6.07) is 22.1. The van der Waals surface area contributed by atoms with Gasteiger partial charge < -0.3 is 14.8 Å². The Labute approximate surface area is 211 Å². The van der Waals surface area contributed by atoms with Crippen LogP contribution >= 0.6 is 0 Å². The van der Waals surface area contributed by atoms with E-state index in [-0.39, 0.29) is 17.7 Å². The topological polar surface area (TPSA) is 64.6 Å². The van der Waals surface area contributed by atoms with Gasteiger partial charge in [-0.1, -0.05) is 61.5 Å². The van der Waals surface area contributed by atoms with E-state index in [0.29, 0.717) is 30.6 Å². The molecule has 0 radical (unpaired) electrons. The van der Waals surface area contributed by atoms with Crippen LogP contribution in [0.2, 0.25) is 0 Å². The van der Waals surface area contributed by atoms with Crippen LogP contribution in [0.3, 0.4) is 0 Å². The molecule has 3 aromatic rings. The standard InChI is InChI=1S/C31H31NO4/c1-4-16-36-31(34)28-19(2)32-26-17-22(20-12-14-23(35-3)15-13-20)18-27(33)30(26)29(28)25-11-7-9-21-8-5-6-10-24(21)25/h5-15,22,29,32H,4,16-18H2,1-3H3/t22-,29+/m0/s1. The summed E-state index contributed by atoms with van der Waals surface area (Å²) in [6.45, 7) is 4.23. The fourth-order valence-corrected chi connectivity index (χ4v) is 5.51. The van der Waals surface area contributed by atoms with Gasteiger partial charge in [-0.15, -0.1) is 0 Å². The normalized spacial score (nSPS) is 19.7. The fourth-order valence-electron chi connectivity index (χ4n) is 5.51. The minimum absolute atomic E-state index is 0.0595. The van der Waals surface area contributed by atoms with Crippen LogP contribution in [0.5, 0.6) is 5.75 Å². The van der Waals surface area contributed by atoms with Crippen LogP contribution in [0, 0.1) is 0 Å². The van der Waals surface area contributed by atoms with E-state index in [1.54, 1.807) is 7.11 Å². The molecule has 5 nitrogen and oxygen atoms in total. The Morgan fingerprint density at radius 2 is 1.75 bits per heavy atom. The number of ether oxygens (including phenoxy) is 2. The summed E-state index contributed by atoms with van der Waals surface area (Å²) in [5.41, 5.74) is 4.92. The number of hydrogen-bond donors (Lipinski definition) is 1. The molecule has 0 aromatic heterocycles. The minimum Gasteiger partial charge on any atom is -0.497 e. The molecule has 2 aliphatic rings. The van der Waals surface area contributed by atoms with E-state index in [1.165, 1.54) is 0 Å². The van der Waals surface area contributed by atoms with Crippen LogP contribution in [0.15, 0.2) is 89.3 Å². The first-order valence-corrected chi connectivity index (χ1v) is 12.5. The second kappa shape index (κ2) is 10.0. The van der Waals surface area contributed by atoms with Crippen molar-refractivity contribution < 1.29 is 19.1 Å². The van der Waals surface area contributed by atoms with Crippen LogP contribution < -0.4 is 10.1 Å². The number of ketones is 1. The third-order valence-electron chi connectivity index (χ3n) is 7.21. The Morgan fingerprint density at radius 1 is 1.00 bits per heavy atom. The van der Waals surface area contributed by atoms with Gasteiger partial charge in [0.2, 0.25) is 0 Å². The molecule has 0 fully saturated rings. The van der Waals surface area contributed by atoms with E-state index in [0.717, 1.165) is 45.5 Å². The Morgan fingerprint density at radius 3 is 2.50 bits per heavy atom. The molecule has 0 unspecified atom stereocenters. The zero-order chi connectivity index (χ0) is 25.2. The van der Waals surface area contributed by atoms with Crippen molar-refractivity contribution in [3.05, 3.63) is 100 Å². The average Bonchev–Trinajstić information content (AvgIpc) is 2.90. The number of dihydropyridines is 1. The van der Waals surface area contributed by atoms with E-state index < -0.39 is 5.92 Å². The van der Waals surface area contributed by atoms with Crippen LogP contribution in [-0.2, 0) is 14.3 Å². The lowest BCUT2D eigenvalue weighted by Crippen LogP contribution is -2.36. The van der Waals surface area contributed by atoms with Crippen LogP contribution in [0.25, 0.3) is 10.8 Å². The largest absolute Gasteiger partial charge is 0.497 e. The van der Waals surface area contributed by atoms with Gasteiger partial charge in [0, 0.05) is 29.3 Å². The Balaban J connectivity index is 1.62. The molecule has 5 heteroatoms. The molecular weight excluding hydrogens is 450 g/mol. The summed E-state index contributed by atoms with van der Waals surface area (Å²) in [7, 11) is 1.65. The van der Waals surface area contributed by atoms with Gasteiger partial charge in [0.15, 0.2) is 5.78 Å². The maximum absolute atomic E-state index is 13.8. The Kier molecular flexibility index (Phi) is 6.64. The molecule has 0 saturated carbocycles. The average molecular weight is 482 g/mol. The zero-order valence-electron chi connectivity index (χ0n) is 21.0. The lowest BCUT2D eigenvalue weighted by molar-refractivity contribution is -0.139. The summed E-state index contributed by atoms with van der Waals surface area (Å²) >= 11 is 0. The molecule has 0 spiro atoms. The lowest BCUT2D eigenvalue weighted by Gasteiger charge is -2.37. The molecule has 2 atom stereocenters. The molecule has 0 bridgehead atoms. The molecule has 1 heterocycles. The first kappa shape index (κ1) is 23.9. The van der Waals surface area contributed by atoms with Gasteiger partial charge in [-0.25, -0.2) is 4.79 Å². The van der Waals surface area contributed by atoms with Gasteiger partial charge in [-0.05, 0) is 59.7 Å². The molecular formula is C31H31NO4. The van der Waals surface area contributed by atoms with Crippen molar-refractivity contribution in [1.82, 2.24) is 5.32 Å². The van der Waals surface area contributed by atoms with Crippen molar-refractivity contribution in [3.63, 3.8) is 0 Å². The van der Waals surface area contributed by atoms with E-state index in [9.17, 15) is 9.59 Å². The molecule has 0 saturated heterocycles. The summed E-state index contributed by atoms with van der Waals surface area (Å²) in [4.78, 5) is 27.2. The molecule has 0 amide bonds. The van der Waals surface area contributed by atoms with E-state index in [2.05, 4.69) is 23.5 Å². The quantitative estimate of drug-likeness (QED) is 0.427. The van der Waals surface area contributed by atoms with Gasteiger partial charge in [-0.3, -0.25) is 4.79 Å². The first-order chi connectivity index (χ1) is 17.5. The first-order valence-electron chi connectivity index (χ1n) is 12.5. The third-order valence-corrected chi connectivity index (χ3v) is 7.21. The number of nitrogens with one attached hydrogen (secondary N) is 1. The number of carbonyl (C=O) groups excluding carboxylic acids is 2. The zero-order valence-corrected chi connectivity index (χ0v) is 21.0. The number of fused-ring (bicyclic) bond motifs is 1. The second-order valence-corrected chi connectivity index (χ2v) is 9.49. The third kappa shape index (κ3) is 4.30. The highest BCUT2D eigenvalue weighted by molar-refractivity contribution is 6.05. The monoisotopic (exact) mass is 481 g/mol. The van der Waals surface area contributed by atoms with Crippen molar-refractivity contribution in [1.29, 1.82) is 0 Å². The molecule has 1 N–H and O–H groups in total. The molecule has 36 heavy (non-hydrogen) atoms. The van der Waals surface area contributed by atoms with Gasteiger partial charge in [0.25, 0.3) is 0 Å². The molecule has 184 valence electrons. The van der Waals surface area contributed by atoms with E-state index in [4.69, 9.17) is 9.47 Å². The Bertz CT molecular complexity index is 1380. The van der Waals surface area contributed by atoms with Crippen molar-refractivity contribution in [2.45, 2.75) is 44.9 Å². The van der Waals surface area contributed by atoms with Crippen molar-refractivity contribution in [2.24, 2.45) is 0 Å². The smallest absolute Gasteiger partial charge is 0.336 e. The molecule has 1 aliphatic carbocycles. The number of esters is 1. The second-order valence-electron chi connectivity index (χ2n) is 9.49. The van der Waals surface area contributed by atoms with Crippen molar-refractivity contribution in [2.75, 3.05) is 13.7 Å². The van der Waals surface area contributed by atoms with Crippen molar-refractivity contribution >= 4 is 22.5 Å². The summed E-state index contributed by atoms with van der Waals surface area (Å²) in [5, 5.41) is 5.56. The van der Waals surface area contributed by atoms with E-state index >= 15 is 0 Å². The number of methoxy groups -OCH3 is 1. The van der Waals surface area contributed by atoms with Crippen LogP contribution in [-0.4, -0.2) is 25.5 Å². The maximum atomic E-state index is 13.8. The SMILES string of the molecule is CCCOC(=O)C1=C(C)NC2=C(C(=O)C[C@@H](c3ccc(OC)cc3)C2)[C@@H]1c1cccc2ccccc12. The maximum Gasteiger partial charge on any atom is 0.336 e. The Hall–Kier alpha value is -3.86. The lowest BCUT2D eigenvalue weighted by atomic mass is 9.71. The number of hydrogen-bond acceptors (Lipinski definition) is 5. The summed E-state index contributed by atoms with van der Waals surface area (Å²) in [5.74, 6) is 0.0825. The number of benzene rings is 3. The number of allylic oxidation sites excluding steroid dienone is 3. The highest BCUT2D eigenvalue weighted by Gasteiger charge is 2.41.